The smallest absolute Gasteiger partial charge is 0.127 e. The Bertz CT molecular complexity index is 669. The minimum atomic E-state index is -0.547. The molecular formula is C17H17BrO3. The van der Waals surface area contributed by atoms with E-state index in [0.29, 0.717) is 6.42 Å². The maximum Gasteiger partial charge on any atom is 0.127 e. The predicted octanol–water partition coefficient (Wildman–Crippen LogP) is 4.32. The highest BCUT2D eigenvalue weighted by atomic mass is 79.9. The van der Waals surface area contributed by atoms with Gasteiger partial charge in [0.25, 0.3) is 0 Å². The summed E-state index contributed by atoms with van der Waals surface area (Å²) in [6.45, 7) is 2.05. The lowest BCUT2D eigenvalue weighted by atomic mass is 9.94. The van der Waals surface area contributed by atoms with Gasteiger partial charge in [-0.3, -0.25) is 0 Å². The minimum Gasteiger partial charge on any atom is -0.497 e. The van der Waals surface area contributed by atoms with Gasteiger partial charge in [0.2, 0.25) is 0 Å². The van der Waals surface area contributed by atoms with E-state index in [9.17, 15) is 5.11 Å². The number of aliphatic hydroxyl groups excluding tert-OH is 1. The summed E-state index contributed by atoms with van der Waals surface area (Å²) in [4.78, 5) is 0. The second kappa shape index (κ2) is 5.70. The maximum absolute atomic E-state index is 10.4. The van der Waals surface area contributed by atoms with Crippen LogP contribution in [0.25, 0.3) is 0 Å². The van der Waals surface area contributed by atoms with E-state index >= 15 is 0 Å². The van der Waals surface area contributed by atoms with Crippen molar-refractivity contribution in [1.82, 2.24) is 0 Å². The van der Waals surface area contributed by atoms with Crippen molar-refractivity contribution in [2.24, 2.45) is 0 Å². The highest BCUT2D eigenvalue weighted by Gasteiger charge is 2.28. The van der Waals surface area contributed by atoms with Gasteiger partial charge in [-0.2, -0.15) is 0 Å². The fourth-order valence-corrected chi connectivity index (χ4v) is 2.96. The Labute approximate surface area is 132 Å². The lowest BCUT2D eigenvalue weighted by Gasteiger charge is -2.30. The highest BCUT2D eigenvalue weighted by Crippen LogP contribution is 2.42. The van der Waals surface area contributed by atoms with E-state index in [1.165, 1.54) is 5.56 Å². The van der Waals surface area contributed by atoms with Crippen LogP contribution in [0.3, 0.4) is 0 Å². The standard InChI is InChI=1S/C17H17BrO3/c1-10-3-4-11(7-14(10)18)17-9-15(19)13-8-12(20-2)5-6-16(13)21-17/h3-8,15,17,19H,9H2,1-2H3/t15-,17?/m0/s1. The fraction of sp³-hybridized carbons (Fsp3) is 0.294. The maximum atomic E-state index is 10.4. The lowest BCUT2D eigenvalue weighted by molar-refractivity contribution is 0.0654. The van der Waals surface area contributed by atoms with Crippen LogP contribution in [0.5, 0.6) is 11.5 Å². The van der Waals surface area contributed by atoms with Gasteiger partial charge in [0, 0.05) is 16.5 Å². The van der Waals surface area contributed by atoms with Crippen LogP contribution in [0.15, 0.2) is 40.9 Å². The Balaban J connectivity index is 1.92. The molecule has 1 unspecified atom stereocenters. The average molecular weight is 349 g/mol. The number of ether oxygens (including phenoxy) is 2. The SMILES string of the molecule is COc1ccc2c(c1)[C@@H](O)CC(c1ccc(C)c(Br)c1)O2. The van der Waals surface area contributed by atoms with Crippen molar-refractivity contribution < 1.29 is 14.6 Å². The summed E-state index contributed by atoms with van der Waals surface area (Å²) in [6.07, 6.45) is -0.151. The molecule has 0 aliphatic carbocycles. The third kappa shape index (κ3) is 2.78. The van der Waals surface area contributed by atoms with Crippen molar-refractivity contribution in [3.05, 3.63) is 57.6 Å². The second-order valence-corrected chi connectivity index (χ2v) is 6.12. The number of fused-ring (bicyclic) bond motifs is 1. The number of halogens is 1. The molecule has 0 radical (unpaired) electrons. The lowest BCUT2D eigenvalue weighted by Crippen LogP contribution is -2.19. The Hall–Kier alpha value is -1.52. The largest absolute Gasteiger partial charge is 0.497 e. The van der Waals surface area contributed by atoms with Gasteiger partial charge in [-0.15, -0.1) is 0 Å². The molecule has 110 valence electrons. The second-order valence-electron chi connectivity index (χ2n) is 5.27. The van der Waals surface area contributed by atoms with Crippen molar-refractivity contribution in [3.8, 4) is 11.5 Å². The van der Waals surface area contributed by atoms with Crippen LogP contribution in [-0.2, 0) is 0 Å². The molecule has 0 aromatic heterocycles. The zero-order valence-corrected chi connectivity index (χ0v) is 13.6. The zero-order valence-electron chi connectivity index (χ0n) is 12.0. The molecule has 0 amide bonds. The van der Waals surface area contributed by atoms with Gasteiger partial charge in [0.1, 0.15) is 17.6 Å². The molecule has 3 rings (SSSR count). The number of rotatable bonds is 2. The van der Waals surface area contributed by atoms with Crippen LogP contribution < -0.4 is 9.47 Å². The van der Waals surface area contributed by atoms with Gasteiger partial charge >= 0.3 is 0 Å². The van der Waals surface area contributed by atoms with E-state index in [-0.39, 0.29) is 6.10 Å². The first-order valence-electron chi connectivity index (χ1n) is 6.87. The van der Waals surface area contributed by atoms with Gasteiger partial charge < -0.3 is 14.6 Å². The first-order valence-corrected chi connectivity index (χ1v) is 7.66. The Morgan fingerprint density at radius 3 is 2.76 bits per heavy atom. The molecule has 4 heteroatoms. The summed E-state index contributed by atoms with van der Waals surface area (Å²) in [5, 5.41) is 10.4. The van der Waals surface area contributed by atoms with Gasteiger partial charge in [0.15, 0.2) is 0 Å². The van der Waals surface area contributed by atoms with E-state index in [4.69, 9.17) is 9.47 Å². The van der Waals surface area contributed by atoms with Crippen LogP contribution >= 0.6 is 15.9 Å². The van der Waals surface area contributed by atoms with Crippen molar-refractivity contribution in [3.63, 3.8) is 0 Å². The molecule has 0 saturated heterocycles. The molecule has 0 bridgehead atoms. The molecule has 3 nitrogen and oxygen atoms in total. The van der Waals surface area contributed by atoms with Crippen molar-refractivity contribution in [2.45, 2.75) is 25.6 Å². The molecular weight excluding hydrogens is 332 g/mol. The number of aliphatic hydroxyl groups is 1. The Morgan fingerprint density at radius 2 is 2.05 bits per heavy atom. The molecule has 1 heterocycles. The summed E-state index contributed by atoms with van der Waals surface area (Å²) >= 11 is 3.54. The van der Waals surface area contributed by atoms with Crippen LogP contribution in [0.1, 0.15) is 35.3 Å². The van der Waals surface area contributed by atoms with Crippen LogP contribution in [-0.4, -0.2) is 12.2 Å². The Morgan fingerprint density at radius 1 is 1.24 bits per heavy atom. The van der Waals surface area contributed by atoms with Crippen molar-refractivity contribution >= 4 is 15.9 Å². The molecule has 1 aliphatic rings. The van der Waals surface area contributed by atoms with Crippen LogP contribution in [0.2, 0.25) is 0 Å². The summed E-state index contributed by atoms with van der Waals surface area (Å²) in [5.74, 6) is 1.45. The average Bonchev–Trinajstić information content (AvgIpc) is 2.49. The molecule has 2 atom stereocenters. The molecule has 2 aromatic rings. The normalized spacial score (nSPS) is 20.6. The summed E-state index contributed by atoms with van der Waals surface area (Å²) in [5.41, 5.74) is 3.03. The third-order valence-corrected chi connectivity index (χ3v) is 4.70. The monoisotopic (exact) mass is 348 g/mol. The number of hydrogen-bond acceptors (Lipinski definition) is 3. The molecule has 1 aliphatic heterocycles. The molecule has 0 fully saturated rings. The topological polar surface area (TPSA) is 38.7 Å². The van der Waals surface area contributed by atoms with E-state index in [1.54, 1.807) is 7.11 Å². The summed E-state index contributed by atoms with van der Waals surface area (Å²) in [6, 6.07) is 11.7. The summed E-state index contributed by atoms with van der Waals surface area (Å²) < 4.78 is 12.3. The number of methoxy groups -OCH3 is 1. The van der Waals surface area contributed by atoms with Crippen LogP contribution in [0, 0.1) is 6.92 Å². The molecule has 0 saturated carbocycles. The number of hydrogen-bond donors (Lipinski definition) is 1. The van der Waals surface area contributed by atoms with Crippen molar-refractivity contribution in [1.29, 1.82) is 0 Å². The first kappa shape index (κ1) is 14.4. The molecule has 21 heavy (non-hydrogen) atoms. The van der Waals surface area contributed by atoms with Crippen molar-refractivity contribution in [2.75, 3.05) is 7.11 Å². The predicted molar refractivity (Wildman–Crippen MR) is 84.8 cm³/mol. The molecule has 1 N–H and O–H groups in total. The first-order chi connectivity index (χ1) is 10.1. The van der Waals surface area contributed by atoms with E-state index in [1.807, 2.05) is 31.2 Å². The van der Waals surface area contributed by atoms with E-state index in [0.717, 1.165) is 27.1 Å². The third-order valence-electron chi connectivity index (χ3n) is 3.85. The van der Waals surface area contributed by atoms with Gasteiger partial charge in [0.05, 0.1) is 13.2 Å². The highest BCUT2D eigenvalue weighted by molar-refractivity contribution is 9.10. The van der Waals surface area contributed by atoms with Gasteiger partial charge in [-0.1, -0.05) is 28.1 Å². The van der Waals surface area contributed by atoms with Gasteiger partial charge in [-0.25, -0.2) is 0 Å². The fourth-order valence-electron chi connectivity index (χ4n) is 2.57. The quantitative estimate of drug-likeness (QED) is 0.877. The Kier molecular flexibility index (Phi) is 3.91. The summed E-state index contributed by atoms with van der Waals surface area (Å²) in [7, 11) is 1.62. The van der Waals surface area contributed by atoms with E-state index < -0.39 is 6.10 Å². The number of aryl methyl sites for hydroxylation is 1. The van der Waals surface area contributed by atoms with E-state index in [2.05, 4.69) is 28.1 Å². The zero-order chi connectivity index (χ0) is 15.0. The van der Waals surface area contributed by atoms with Crippen LogP contribution in [0.4, 0.5) is 0 Å². The number of benzene rings is 2. The molecule has 0 spiro atoms. The van der Waals surface area contributed by atoms with Gasteiger partial charge in [-0.05, 0) is 42.3 Å². The minimum absolute atomic E-state index is 0.141. The molecule has 2 aromatic carbocycles.